The minimum Gasteiger partial charge on any atom is -0.491 e. The van der Waals surface area contributed by atoms with Crippen molar-refractivity contribution in [2.75, 3.05) is 0 Å². The molecule has 0 heterocycles. The number of aryl methyl sites for hydroxylation is 1. The number of halogens is 2. The van der Waals surface area contributed by atoms with Gasteiger partial charge in [0.05, 0.1) is 11.0 Å². The van der Waals surface area contributed by atoms with Crippen molar-refractivity contribution in [2.24, 2.45) is 0 Å². The van der Waals surface area contributed by atoms with Crippen molar-refractivity contribution in [3.8, 4) is 5.75 Å². The van der Waals surface area contributed by atoms with E-state index in [1.807, 2.05) is 13.8 Å². The monoisotopic (exact) mass is 369 g/mol. The topological polar surface area (TPSA) is 55.4 Å². The van der Waals surface area contributed by atoms with Gasteiger partial charge in [0.25, 0.3) is 0 Å². The smallest absolute Gasteiger partial charge is 0.241 e. The number of ether oxygens (including phenoxy) is 1. The number of benzene rings is 2. The first-order chi connectivity index (χ1) is 11.6. The van der Waals surface area contributed by atoms with E-state index >= 15 is 0 Å². The van der Waals surface area contributed by atoms with Gasteiger partial charge in [-0.1, -0.05) is 6.07 Å². The van der Waals surface area contributed by atoms with Crippen LogP contribution in [0, 0.1) is 18.6 Å². The fourth-order valence-corrected chi connectivity index (χ4v) is 3.64. The Bertz CT molecular complexity index is 867. The molecule has 25 heavy (non-hydrogen) atoms. The van der Waals surface area contributed by atoms with Crippen LogP contribution in [0.3, 0.4) is 0 Å². The summed E-state index contributed by atoms with van der Waals surface area (Å²) in [6.07, 6.45) is -0.0207. The van der Waals surface area contributed by atoms with Crippen LogP contribution in [0.4, 0.5) is 8.78 Å². The molecule has 1 N–H and O–H groups in total. The standard InChI is InChI=1S/C18H21F2NO3S/c1-11(2)24-18-8-6-15(9-12(18)3)25(22,23)21-13(4)14-5-7-16(19)17(20)10-14/h5-11,13,21H,1-4H3. The van der Waals surface area contributed by atoms with Gasteiger partial charge in [-0.25, -0.2) is 21.9 Å². The van der Waals surface area contributed by atoms with Crippen molar-refractivity contribution in [3.05, 3.63) is 59.2 Å². The van der Waals surface area contributed by atoms with E-state index in [1.165, 1.54) is 18.2 Å². The van der Waals surface area contributed by atoms with Gasteiger partial charge in [0.2, 0.25) is 10.0 Å². The fraction of sp³-hybridized carbons (Fsp3) is 0.333. The zero-order chi connectivity index (χ0) is 18.8. The lowest BCUT2D eigenvalue weighted by atomic mass is 10.1. The molecule has 0 saturated heterocycles. The van der Waals surface area contributed by atoms with Gasteiger partial charge in [0.15, 0.2) is 11.6 Å². The van der Waals surface area contributed by atoms with Gasteiger partial charge < -0.3 is 4.74 Å². The lowest BCUT2D eigenvalue weighted by molar-refractivity contribution is 0.240. The number of hydrogen-bond donors (Lipinski definition) is 1. The summed E-state index contributed by atoms with van der Waals surface area (Å²) in [5.74, 6) is -1.38. The van der Waals surface area contributed by atoms with E-state index in [0.717, 1.165) is 12.1 Å². The Kier molecular flexibility index (Phi) is 5.80. The fourth-order valence-electron chi connectivity index (χ4n) is 2.33. The van der Waals surface area contributed by atoms with E-state index in [2.05, 4.69) is 4.72 Å². The number of nitrogens with one attached hydrogen (secondary N) is 1. The van der Waals surface area contributed by atoms with Crippen LogP contribution in [0.15, 0.2) is 41.3 Å². The van der Waals surface area contributed by atoms with Gasteiger partial charge in [-0.3, -0.25) is 0 Å². The van der Waals surface area contributed by atoms with E-state index < -0.39 is 27.7 Å². The SMILES string of the molecule is Cc1cc(S(=O)(=O)NC(C)c2ccc(F)c(F)c2)ccc1OC(C)C. The first-order valence-electron chi connectivity index (χ1n) is 7.84. The predicted octanol–water partition coefficient (Wildman–Crippen LogP) is 4.10. The maximum absolute atomic E-state index is 13.3. The largest absolute Gasteiger partial charge is 0.491 e. The first-order valence-corrected chi connectivity index (χ1v) is 9.33. The van der Waals surface area contributed by atoms with Gasteiger partial charge in [-0.05, 0) is 69.2 Å². The van der Waals surface area contributed by atoms with Crippen LogP contribution in [0.2, 0.25) is 0 Å². The van der Waals surface area contributed by atoms with Crippen LogP contribution in [0.5, 0.6) is 5.75 Å². The molecule has 0 aliphatic carbocycles. The van der Waals surface area contributed by atoms with Gasteiger partial charge in [0.1, 0.15) is 5.75 Å². The molecule has 0 aromatic heterocycles. The lowest BCUT2D eigenvalue weighted by Gasteiger charge is -2.17. The Morgan fingerprint density at radius 1 is 1.00 bits per heavy atom. The van der Waals surface area contributed by atoms with E-state index in [-0.39, 0.29) is 11.0 Å². The van der Waals surface area contributed by atoms with Crippen LogP contribution in [0.25, 0.3) is 0 Å². The average molecular weight is 369 g/mol. The van der Waals surface area contributed by atoms with Crippen LogP contribution in [0.1, 0.15) is 37.9 Å². The van der Waals surface area contributed by atoms with Crippen molar-refractivity contribution in [3.63, 3.8) is 0 Å². The molecule has 4 nitrogen and oxygen atoms in total. The highest BCUT2D eigenvalue weighted by Gasteiger charge is 2.20. The van der Waals surface area contributed by atoms with E-state index in [1.54, 1.807) is 19.9 Å². The molecule has 7 heteroatoms. The Labute approximate surface area is 146 Å². The van der Waals surface area contributed by atoms with Crippen LogP contribution < -0.4 is 9.46 Å². The highest BCUT2D eigenvalue weighted by molar-refractivity contribution is 7.89. The van der Waals surface area contributed by atoms with Crippen LogP contribution in [-0.2, 0) is 10.0 Å². The second kappa shape index (κ2) is 7.49. The van der Waals surface area contributed by atoms with Crippen LogP contribution >= 0.6 is 0 Å². The Balaban J connectivity index is 2.23. The molecule has 1 atom stereocenters. The molecule has 0 amide bonds. The van der Waals surface area contributed by atoms with Gasteiger partial charge in [-0.15, -0.1) is 0 Å². The molecular formula is C18H21F2NO3S. The number of sulfonamides is 1. The maximum Gasteiger partial charge on any atom is 0.241 e. The summed E-state index contributed by atoms with van der Waals surface area (Å²) in [5.41, 5.74) is 1.02. The van der Waals surface area contributed by atoms with Gasteiger partial charge >= 0.3 is 0 Å². The Morgan fingerprint density at radius 3 is 2.24 bits per heavy atom. The van der Waals surface area contributed by atoms with Gasteiger partial charge in [-0.2, -0.15) is 0 Å². The second-order valence-electron chi connectivity index (χ2n) is 6.11. The highest BCUT2D eigenvalue weighted by Crippen LogP contribution is 2.24. The molecule has 2 aromatic rings. The second-order valence-corrected chi connectivity index (χ2v) is 7.82. The summed E-state index contributed by atoms with van der Waals surface area (Å²) < 4.78 is 59.5. The van der Waals surface area contributed by atoms with E-state index in [0.29, 0.717) is 16.9 Å². The summed E-state index contributed by atoms with van der Waals surface area (Å²) in [6, 6.07) is 7.14. The minimum absolute atomic E-state index is 0.0207. The van der Waals surface area contributed by atoms with Gasteiger partial charge in [0, 0.05) is 6.04 Å². The summed E-state index contributed by atoms with van der Waals surface area (Å²) in [5, 5.41) is 0. The Hall–Kier alpha value is -1.99. The summed E-state index contributed by atoms with van der Waals surface area (Å²) in [7, 11) is -3.82. The van der Waals surface area contributed by atoms with Crippen molar-refractivity contribution >= 4 is 10.0 Å². The maximum atomic E-state index is 13.3. The molecule has 1 unspecified atom stereocenters. The third kappa shape index (κ3) is 4.76. The molecule has 2 rings (SSSR count). The first kappa shape index (κ1) is 19.3. The average Bonchev–Trinajstić information content (AvgIpc) is 2.51. The van der Waals surface area contributed by atoms with E-state index in [4.69, 9.17) is 4.74 Å². The quantitative estimate of drug-likeness (QED) is 0.834. The molecule has 0 spiro atoms. The molecule has 2 aromatic carbocycles. The third-order valence-electron chi connectivity index (χ3n) is 3.59. The molecule has 0 aliphatic heterocycles. The summed E-state index contributed by atoms with van der Waals surface area (Å²) in [6.45, 7) is 7.09. The van der Waals surface area contributed by atoms with E-state index in [9.17, 15) is 17.2 Å². The van der Waals surface area contributed by atoms with Crippen molar-refractivity contribution < 1.29 is 21.9 Å². The molecule has 0 fully saturated rings. The zero-order valence-electron chi connectivity index (χ0n) is 14.5. The molecule has 0 radical (unpaired) electrons. The zero-order valence-corrected chi connectivity index (χ0v) is 15.3. The van der Waals surface area contributed by atoms with Crippen molar-refractivity contribution in [2.45, 2.75) is 44.7 Å². The predicted molar refractivity (Wildman–Crippen MR) is 92.0 cm³/mol. The number of hydrogen-bond acceptors (Lipinski definition) is 3. The van der Waals surface area contributed by atoms with Crippen molar-refractivity contribution in [1.82, 2.24) is 4.72 Å². The Morgan fingerprint density at radius 2 is 1.68 bits per heavy atom. The van der Waals surface area contributed by atoms with Crippen molar-refractivity contribution in [1.29, 1.82) is 0 Å². The molecule has 0 aliphatic rings. The molecule has 0 bridgehead atoms. The summed E-state index contributed by atoms with van der Waals surface area (Å²) in [4.78, 5) is 0.0792. The minimum atomic E-state index is -3.82. The molecular weight excluding hydrogens is 348 g/mol. The molecule has 136 valence electrons. The third-order valence-corrected chi connectivity index (χ3v) is 5.13. The summed E-state index contributed by atoms with van der Waals surface area (Å²) >= 11 is 0. The highest BCUT2D eigenvalue weighted by atomic mass is 32.2. The normalized spacial score (nSPS) is 13.1. The molecule has 0 saturated carbocycles. The number of rotatable bonds is 6. The van der Waals surface area contributed by atoms with Crippen LogP contribution in [-0.4, -0.2) is 14.5 Å². The lowest BCUT2D eigenvalue weighted by Crippen LogP contribution is -2.27.